The van der Waals surface area contributed by atoms with Crippen molar-refractivity contribution >= 4 is 18.0 Å². The van der Waals surface area contributed by atoms with Gasteiger partial charge < -0.3 is 10.2 Å². The predicted octanol–water partition coefficient (Wildman–Crippen LogP) is 1.23. The van der Waals surface area contributed by atoms with Crippen molar-refractivity contribution in [2.45, 2.75) is 26.4 Å². The number of rotatable bonds is 2. The first-order valence-electron chi connectivity index (χ1n) is 4.53. The number of hydrogen-bond acceptors (Lipinski definition) is 2. The summed E-state index contributed by atoms with van der Waals surface area (Å²) in [4.78, 5) is 0. The second-order valence-corrected chi connectivity index (χ2v) is 2.87. The summed E-state index contributed by atoms with van der Waals surface area (Å²) >= 11 is 0. The van der Waals surface area contributed by atoms with Crippen molar-refractivity contribution in [2.75, 3.05) is 6.61 Å². The molecule has 2 nitrogen and oxygen atoms in total. The van der Waals surface area contributed by atoms with Crippen LogP contribution in [0.3, 0.4) is 0 Å². The number of aryl methyl sites for hydroxylation is 1. The van der Waals surface area contributed by atoms with Crippen molar-refractivity contribution in [1.29, 1.82) is 0 Å². The van der Waals surface area contributed by atoms with Crippen molar-refractivity contribution in [1.82, 2.24) is 0 Å². The van der Waals surface area contributed by atoms with Crippen molar-refractivity contribution < 1.29 is 10.2 Å². The third kappa shape index (κ3) is 9.78. The van der Waals surface area contributed by atoms with E-state index < -0.39 is 6.10 Å². The minimum absolute atomic E-state index is 0. The summed E-state index contributed by atoms with van der Waals surface area (Å²) in [5.74, 6) is 0. The Labute approximate surface area is 97.3 Å². The number of aliphatic hydroxyl groups is 2. The molecule has 1 unspecified atom stereocenters. The van der Waals surface area contributed by atoms with Crippen LogP contribution in [-0.2, 0) is 6.42 Å². The van der Waals surface area contributed by atoms with Crippen LogP contribution in [0.15, 0.2) is 30.3 Å². The second-order valence-electron chi connectivity index (χ2n) is 2.87. The maximum absolute atomic E-state index is 8.11. The normalized spacial score (nSPS) is 10.6. The van der Waals surface area contributed by atoms with E-state index >= 15 is 0 Å². The molecule has 3 heteroatoms. The second kappa shape index (κ2) is 10.8. The van der Waals surface area contributed by atoms with Crippen molar-refractivity contribution in [3.05, 3.63) is 35.9 Å². The summed E-state index contributed by atoms with van der Waals surface area (Å²) in [5, 5.41) is 16.0. The van der Waals surface area contributed by atoms with Gasteiger partial charge in [0, 0.05) is 18.0 Å². The standard InChI is InChI=1S/C8H10.C3H8O2.As/c1-2-8-6-4-3-5-7-8;1-3(5)2-4;/h3-7H,2H2,1H3;3-5H,2H2,1H3;. The Kier molecular flexibility index (Phi) is 12.4. The Morgan fingerprint density at radius 1 is 1.21 bits per heavy atom. The molecule has 3 radical (unpaired) electrons. The van der Waals surface area contributed by atoms with Gasteiger partial charge in [-0.1, -0.05) is 37.3 Å². The molecule has 1 aromatic carbocycles. The quantitative estimate of drug-likeness (QED) is 0.782. The molecular weight excluding hydrogens is 239 g/mol. The van der Waals surface area contributed by atoms with E-state index in [4.69, 9.17) is 10.2 Å². The molecule has 0 amide bonds. The van der Waals surface area contributed by atoms with Crippen molar-refractivity contribution in [3.8, 4) is 0 Å². The van der Waals surface area contributed by atoms with Gasteiger partial charge in [0.2, 0.25) is 0 Å². The van der Waals surface area contributed by atoms with Crippen LogP contribution in [0.25, 0.3) is 0 Å². The van der Waals surface area contributed by atoms with Gasteiger partial charge in [-0.3, -0.25) is 0 Å². The van der Waals surface area contributed by atoms with Gasteiger partial charge in [0.25, 0.3) is 0 Å². The summed E-state index contributed by atoms with van der Waals surface area (Å²) < 4.78 is 0. The third-order valence-electron chi connectivity index (χ3n) is 1.52. The minimum Gasteiger partial charge on any atom is -0.394 e. The zero-order chi connectivity index (χ0) is 10.1. The molecule has 0 aliphatic carbocycles. The Balaban J connectivity index is 0. The molecule has 2 N–H and O–H groups in total. The molecule has 0 bridgehead atoms. The first-order chi connectivity index (χ1) is 6.20. The van der Waals surface area contributed by atoms with Gasteiger partial charge in [0.05, 0.1) is 12.7 Å². The SMILES string of the molecule is CC(O)CO.CCc1ccccc1.[As]. The van der Waals surface area contributed by atoms with Crippen LogP contribution in [0.4, 0.5) is 0 Å². The summed E-state index contributed by atoms with van der Waals surface area (Å²) in [5.41, 5.74) is 1.41. The summed E-state index contributed by atoms with van der Waals surface area (Å²) in [6.45, 7) is 3.55. The first-order valence-corrected chi connectivity index (χ1v) is 4.53. The fourth-order valence-electron chi connectivity index (χ4n) is 0.714. The molecule has 1 rings (SSSR count). The van der Waals surface area contributed by atoms with Crippen LogP contribution in [0.2, 0.25) is 0 Å². The van der Waals surface area contributed by atoms with Crippen molar-refractivity contribution in [3.63, 3.8) is 0 Å². The molecule has 79 valence electrons. The van der Waals surface area contributed by atoms with Gasteiger partial charge in [-0.15, -0.1) is 0 Å². The molecule has 0 heterocycles. The van der Waals surface area contributed by atoms with Crippen LogP contribution < -0.4 is 0 Å². The molecule has 14 heavy (non-hydrogen) atoms. The molecule has 0 aliphatic rings. The average molecular weight is 257 g/mol. The molecule has 0 aromatic heterocycles. The Bertz CT molecular complexity index is 200. The summed E-state index contributed by atoms with van der Waals surface area (Å²) in [6, 6.07) is 10.5. The van der Waals surface area contributed by atoms with Gasteiger partial charge in [-0.25, -0.2) is 0 Å². The maximum Gasteiger partial charge on any atom is 0.0742 e. The van der Waals surface area contributed by atoms with Gasteiger partial charge in [-0.2, -0.15) is 0 Å². The monoisotopic (exact) mass is 257 g/mol. The number of hydrogen-bond donors (Lipinski definition) is 2. The van der Waals surface area contributed by atoms with Gasteiger partial charge in [0.15, 0.2) is 0 Å². The predicted molar refractivity (Wildman–Crippen MR) is 60.3 cm³/mol. The first kappa shape index (κ1) is 16.1. The molecule has 0 spiro atoms. The zero-order valence-electron chi connectivity index (χ0n) is 8.72. The average Bonchev–Trinajstić information content (AvgIpc) is 2.20. The van der Waals surface area contributed by atoms with E-state index in [0.29, 0.717) is 0 Å². The molecule has 0 saturated heterocycles. The smallest absolute Gasteiger partial charge is 0.0742 e. The van der Waals surface area contributed by atoms with E-state index in [0.717, 1.165) is 6.42 Å². The van der Waals surface area contributed by atoms with Crippen LogP contribution in [0, 0.1) is 0 Å². The molecular formula is C11H18AsO2. The van der Waals surface area contributed by atoms with Gasteiger partial charge in [0.1, 0.15) is 0 Å². The Morgan fingerprint density at radius 2 is 1.64 bits per heavy atom. The number of benzene rings is 1. The topological polar surface area (TPSA) is 40.5 Å². The largest absolute Gasteiger partial charge is 0.394 e. The van der Waals surface area contributed by atoms with Crippen LogP contribution in [-0.4, -0.2) is 40.9 Å². The fourth-order valence-corrected chi connectivity index (χ4v) is 0.714. The Morgan fingerprint density at radius 3 is 1.86 bits per heavy atom. The van der Waals surface area contributed by atoms with E-state index in [1.165, 1.54) is 12.5 Å². The molecule has 1 atom stereocenters. The van der Waals surface area contributed by atoms with E-state index in [1.807, 2.05) is 6.07 Å². The van der Waals surface area contributed by atoms with Crippen LogP contribution in [0.5, 0.6) is 0 Å². The third-order valence-corrected chi connectivity index (χ3v) is 1.52. The summed E-state index contributed by atoms with van der Waals surface area (Å²) in [7, 11) is 0. The van der Waals surface area contributed by atoms with Crippen LogP contribution >= 0.6 is 0 Å². The summed E-state index contributed by atoms with van der Waals surface area (Å²) in [6.07, 6.45) is 0.580. The Hall–Kier alpha value is -0.302. The van der Waals surface area contributed by atoms with E-state index in [9.17, 15) is 0 Å². The maximum atomic E-state index is 8.11. The van der Waals surface area contributed by atoms with E-state index in [2.05, 4.69) is 31.2 Å². The molecule has 0 aliphatic heterocycles. The van der Waals surface area contributed by atoms with Gasteiger partial charge in [-0.05, 0) is 18.9 Å². The van der Waals surface area contributed by atoms with E-state index in [1.54, 1.807) is 0 Å². The molecule has 1 aromatic rings. The van der Waals surface area contributed by atoms with E-state index in [-0.39, 0.29) is 24.6 Å². The molecule has 0 saturated carbocycles. The minimum atomic E-state index is -0.560. The van der Waals surface area contributed by atoms with Crippen LogP contribution in [0.1, 0.15) is 19.4 Å². The van der Waals surface area contributed by atoms with Gasteiger partial charge >= 0.3 is 0 Å². The number of aliphatic hydroxyl groups excluding tert-OH is 2. The zero-order valence-corrected chi connectivity index (χ0v) is 10.6. The van der Waals surface area contributed by atoms with Crippen molar-refractivity contribution in [2.24, 2.45) is 0 Å². The molecule has 0 fully saturated rings. The fraction of sp³-hybridized carbons (Fsp3) is 0.455.